The molecule has 0 spiro atoms. The second-order valence-corrected chi connectivity index (χ2v) is 21.2. The van der Waals surface area contributed by atoms with E-state index in [9.17, 15) is 28.9 Å². The van der Waals surface area contributed by atoms with E-state index in [1.54, 1.807) is 0 Å². The first-order valence-corrected chi connectivity index (χ1v) is 31.9. The number of hydrogen-bond donors (Lipinski definition) is 2. The number of carbonyl (C=O) groups is 3. The minimum Gasteiger partial charge on any atom is -0.462 e. The Hall–Kier alpha value is -4.12. The second-order valence-electron chi connectivity index (χ2n) is 19.7. The Kier molecular flexibility index (Phi) is 55.9. The Morgan fingerprint density at radius 3 is 1.08 bits per heavy atom. The summed E-state index contributed by atoms with van der Waals surface area (Å²) in [7, 11) is -4.78. The number of ether oxygens (including phenoxy) is 3. The number of esters is 3. The predicted molar refractivity (Wildman–Crippen MR) is 325 cm³/mol. The lowest BCUT2D eigenvalue weighted by Crippen LogP contribution is -2.30. The first-order chi connectivity index (χ1) is 38.2. The summed E-state index contributed by atoms with van der Waals surface area (Å²) < 4.78 is 39.5. The molecule has 0 fully saturated rings. The van der Waals surface area contributed by atoms with Gasteiger partial charge in [0.25, 0.3) is 0 Å². The Labute approximate surface area is 475 Å². The quantitative estimate of drug-likeness (QED) is 0.0197. The van der Waals surface area contributed by atoms with Gasteiger partial charge in [-0.2, -0.15) is 0 Å². The van der Waals surface area contributed by atoms with E-state index in [-0.39, 0.29) is 25.9 Å². The number of phosphoric ester groups is 1. The van der Waals surface area contributed by atoms with Crippen LogP contribution < -0.4 is 0 Å². The average molecular weight is 1110 g/mol. The van der Waals surface area contributed by atoms with E-state index in [0.717, 1.165) is 116 Å². The minimum atomic E-state index is -4.78. The highest BCUT2D eigenvalue weighted by Crippen LogP contribution is 2.43. The molecule has 0 bridgehead atoms. The fraction of sp³-hybridized carbons (Fsp3) is 0.652. The summed E-state index contributed by atoms with van der Waals surface area (Å²) in [4.78, 5) is 48.6. The highest BCUT2D eigenvalue weighted by Gasteiger charge is 2.28. The van der Waals surface area contributed by atoms with Crippen LogP contribution in [0.25, 0.3) is 0 Å². The molecule has 444 valence electrons. The standard InChI is InChI=1S/C66H109O11P/c1-4-7-10-13-16-19-22-25-28-30-31-33-36-39-42-45-48-51-54-57-66(70)77-63(59-73-64(68)55-52-49-46-43-40-37-35-32-29-26-23-20-17-14-11-8-5-2)61-75-78(71,72)74-60-62(58-67)76-65(69)56-53-50-47-44-41-38-34-27-24-21-18-15-12-9-6-3/h7,9-10,12,16,18-19,21,25-29,31,33-34,39,41-42,44,62-63,67H,4-6,8,11,13-15,17,20,22-24,30,32,35-38,40,43,45-61H2,1-3H3,(H,71,72)/b10-7-,12-9-,19-16-,21-18-,28-25-,29-26-,33-31-,34-27-,42-39-,44-41-. The molecular weight excluding hydrogens is 1000 g/mol. The molecule has 3 atom stereocenters. The van der Waals surface area contributed by atoms with Gasteiger partial charge in [0.05, 0.1) is 19.8 Å². The van der Waals surface area contributed by atoms with E-state index in [2.05, 4.69) is 142 Å². The molecule has 78 heavy (non-hydrogen) atoms. The molecule has 0 aromatic carbocycles. The van der Waals surface area contributed by atoms with Gasteiger partial charge in [0.2, 0.25) is 0 Å². The summed E-state index contributed by atoms with van der Waals surface area (Å²) >= 11 is 0. The molecule has 0 aromatic heterocycles. The highest BCUT2D eigenvalue weighted by molar-refractivity contribution is 7.47. The largest absolute Gasteiger partial charge is 0.472 e. The lowest BCUT2D eigenvalue weighted by Gasteiger charge is -2.21. The zero-order valence-electron chi connectivity index (χ0n) is 49.1. The van der Waals surface area contributed by atoms with Crippen molar-refractivity contribution in [2.75, 3.05) is 26.4 Å². The molecule has 0 aliphatic heterocycles. The van der Waals surface area contributed by atoms with Crippen molar-refractivity contribution in [3.63, 3.8) is 0 Å². The van der Waals surface area contributed by atoms with Crippen LogP contribution in [0.3, 0.4) is 0 Å². The molecule has 0 saturated heterocycles. The van der Waals surface area contributed by atoms with Crippen LogP contribution in [0.4, 0.5) is 0 Å². The van der Waals surface area contributed by atoms with Crippen LogP contribution >= 0.6 is 7.82 Å². The monoisotopic (exact) mass is 1110 g/mol. The third kappa shape index (κ3) is 56.6. The van der Waals surface area contributed by atoms with Crippen LogP contribution in [0.5, 0.6) is 0 Å². The molecule has 0 amide bonds. The van der Waals surface area contributed by atoms with Gasteiger partial charge in [0, 0.05) is 19.3 Å². The van der Waals surface area contributed by atoms with Gasteiger partial charge >= 0.3 is 25.7 Å². The van der Waals surface area contributed by atoms with Crippen LogP contribution in [0, 0.1) is 0 Å². The number of phosphoric acid groups is 1. The van der Waals surface area contributed by atoms with Crippen molar-refractivity contribution in [1.82, 2.24) is 0 Å². The topological polar surface area (TPSA) is 155 Å². The maximum absolute atomic E-state index is 12.9. The number of carbonyl (C=O) groups excluding carboxylic acids is 3. The lowest BCUT2D eigenvalue weighted by atomic mass is 10.1. The number of rotatable bonds is 55. The number of hydrogen-bond acceptors (Lipinski definition) is 10. The predicted octanol–water partition coefficient (Wildman–Crippen LogP) is 18.4. The van der Waals surface area contributed by atoms with Crippen LogP contribution in [-0.4, -0.2) is 66.5 Å². The van der Waals surface area contributed by atoms with Crippen molar-refractivity contribution in [2.45, 2.75) is 251 Å². The summed E-state index contributed by atoms with van der Waals surface area (Å²) in [6.07, 6.45) is 73.0. The molecule has 0 rings (SSSR count). The first kappa shape index (κ1) is 73.9. The van der Waals surface area contributed by atoms with Gasteiger partial charge < -0.3 is 24.2 Å². The van der Waals surface area contributed by atoms with E-state index in [4.69, 9.17) is 23.3 Å². The smallest absolute Gasteiger partial charge is 0.462 e. The Bertz CT molecular complexity index is 1770. The maximum atomic E-state index is 12.9. The molecule has 0 saturated carbocycles. The molecular formula is C66H109O11P. The summed E-state index contributed by atoms with van der Waals surface area (Å²) in [6.45, 7) is 4.32. The average Bonchev–Trinajstić information content (AvgIpc) is 3.43. The zero-order chi connectivity index (χ0) is 56.9. The van der Waals surface area contributed by atoms with Gasteiger partial charge in [-0.15, -0.1) is 0 Å². The van der Waals surface area contributed by atoms with Crippen molar-refractivity contribution in [3.8, 4) is 0 Å². The van der Waals surface area contributed by atoms with E-state index in [1.165, 1.54) is 64.2 Å². The van der Waals surface area contributed by atoms with E-state index in [1.807, 2.05) is 0 Å². The molecule has 0 heterocycles. The first-order valence-electron chi connectivity index (χ1n) is 30.4. The SMILES string of the molecule is CC/C=C\C/C=C\C/C=C\C/C=C\C/C=C\CCCCCC(=O)OC(COC(=O)CCCCCCCCC/C=C\CCCCCCCC)COP(=O)(O)OCC(CO)OC(=O)CCCC/C=C\C/C=C\C/C=C\C/C=C\CC. The third-order valence-corrected chi connectivity index (χ3v) is 13.3. The van der Waals surface area contributed by atoms with Crippen molar-refractivity contribution in [2.24, 2.45) is 0 Å². The summed E-state index contributed by atoms with van der Waals surface area (Å²) in [5.41, 5.74) is 0. The zero-order valence-corrected chi connectivity index (χ0v) is 50.0. The summed E-state index contributed by atoms with van der Waals surface area (Å²) in [5.74, 6) is -1.56. The maximum Gasteiger partial charge on any atom is 0.472 e. The molecule has 12 heteroatoms. The number of aliphatic hydroxyl groups excluding tert-OH is 1. The third-order valence-electron chi connectivity index (χ3n) is 12.3. The van der Waals surface area contributed by atoms with Crippen molar-refractivity contribution >= 4 is 25.7 Å². The van der Waals surface area contributed by atoms with Gasteiger partial charge in [-0.1, -0.05) is 213 Å². The van der Waals surface area contributed by atoms with Gasteiger partial charge in [0.15, 0.2) is 6.10 Å². The Morgan fingerprint density at radius 1 is 0.372 bits per heavy atom. The molecule has 3 unspecified atom stereocenters. The Balaban J connectivity index is 4.84. The van der Waals surface area contributed by atoms with E-state index >= 15 is 0 Å². The molecule has 2 N–H and O–H groups in total. The van der Waals surface area contributed by atoms with Crippen LogP contribution in [0.1, 0.15) is 239 Å². The van der Waals surface area contributed by atoms with Crippen molar-refractivity contribution in [3.05, 3.63) is 122 Å². The number of aliphatic hydroxyl groups is 1. The second kappa shape index (κ2) is 59.0. The lowest BCUT2D eigenvalue weighted by molar-refractivity contribution is -0.161. The number of allylic oxidation sites excluding steroid dienone is 20. The van der Waals surface area contributed by atoms with Crippen molar-refractivity contribution < 1.29 is 52.2 Å². The number of unbranched alkanes of at least 4 members (excludes halogenated alkanes) is 18. The van der Waals surface area contributed by atoms with Gasteiger partial charge in [-0.25, -0.2) is 4.57 Å². The van der Waals surface area contributed by atoms with Crippen LogP contribution in [0.2, 0.25) is 0 Å². The molecule has 0 aromatic rings. The van der Waals surface area contributed by atoms with Crippen molar-refractivity contribution in [1.29, 1.82) is 0 Å². The van der Waals surface area contributed by atoms with Crippen LogP contribution in [0.15, 0.2) is 122 Å². The molecule has 0 radical (unpaired) electrons. The highest BCUT2D eigenvalue weighted by atomic mass is 31.2. The van der Waals surface area contributed by atoms with Gasteiger partial charge in [0.1, 0.15) is 12.7 Å². The van der Waals surface area contributed by atoms with Gasteiger partial charge in [-0.3, -0.25) is 23.4 Å². The van der Waals surface area contributed by atoms with Crippen LogP contribution in [-0.2, 0) is 42.2 Å². The summed E-state index contributed by atoms with van der Waals surface area (Å²) in [6, 6.07) is 0. The fourth-order valence-electron chi connectivity index (χ4n) is 7.78. The van der Waals surface area contributed by atoms with Gasteiger partial charge in [-0.05, 0) is 128 Å². The Morgan fingerprint density at radius 2 is 0.667 bits per heavy atom. The van der Waals surface area contributed by atoms with E-state index in [0.29, 0.717) is 19.3 Å². The summed E-state index contributed by atoms with van der Waals surface area (Å²) in [5, 5.41) is 9.82. The molecule has 11 nitrogen and oxygen atoms in total. The minimum absolute atomic E-state index is 0.116. The molecule has 0 aliphatic carbocycles. The van der Waals surface area contributed by atoms with E-state index < -0.39 is 57.8 Å². The molecule has 0 aliphatic rings. The normalized spacial score (nSPS) is 14.2. The fourth-order valence-corrected chi connectivity index (χ4v) is 8.56.